The molecule has 0 aromatic heterocycles. The van der Waals surface area contributed by atoms with Crippen molar-refractivity contribution in [2.75, 3.05) is 5.73 Å². The summed E-state index contributed by atoms with van der Waals surface area (Å²) in [5, 5.41) is 10.2. The minimum Gasteiger partial charge on any atom is -0.759 e. The summed E-state index contributed by atoms with van der Waals surface area (Å²) in [4.78, 5) is 9.75. The van der Waals surface area contributed by atoms with Gasteiger partial charge in [0.2, 0.25) is 0 Å². The molecular formula is C7H8N2O6S-2. The highest BCUT2D eigenvalue weighted by Gasteiger charge is 2.05. The van der Waals surface area contributed by atoms with Gasteiger partial charge in [-0.25, -0.2) is 0 Å². The van der Waals surface area contributed by atoms with Crippen LogP contribution < -0.4 is 5.73 Å². The summed E-state index contributed by atoms with van der Waals surface area (Å²) in [6.07, 6.45) is 0. The second-order valence-electron chi connectivity index (χ2n) is 2.71. The lowest BCUT2D eigenvalue weighted by atomic mass is 10.2. The standard InChI is InChI=1S/C7H8N2O2.H2O4S/c1-5-2-3-6(9(10)11)4-7(5)8;1-5(2,3)4/h2-4H,8H2,1H3;(H2,1,2,3,4)/p-2. The molecule has 0 spiro atoms. The quantitative estimate of drug-likeness (QED) is 0.244. The SMILES string of the molecule is Cc1ccc([N+](=O)[O-])cc1N.O=S(=O)([O-])[O-]. The Morgan fingerprint density at radius 1 is 1.31 bits per heavy atom. The van der Waals surface area contributed by atoms with Gasteiger partial charge in [-0.3, -0.25) is 18.5 Å². The minimum absolute atomic E-state index is 0.0353. The molecule has 0 bridgehead atoms. The second kappa shape index (κ2) is 5.39. The molecule has 0 radical (unpaired) electrons. The van der Waals surface area contributed by atoms with Crippen LogP contribution >= 0.6 is 0 Å². The number of nitro benzene ring substituents is 1. The maximum atomic E-state index is 10.2. The van der Waals surface area contributed by atoms with Gasteiger partial charge < -0.3 is 14.8 Å². The summed E-state index contributed by atoms with van der Waals surface area (Å²) in [7, 11) is -5.17. The van der Waals surface area contributed by atoms with E-state index in [0.29, 0.717) is 5.69 Å². The van der Waals surface area contributed by atoms with E-state index in [-0.39, 0.29) is 5.69 Å². The second-order valence-corrected chi connectivity index (χ2v) is 3.52. The zero-order chi connectivity index (χ0) is 12.9. The molecule has 0 unspecified atom stereocenters. The Balaban J connectivity index is 0.000000385. The first-order valence-corrected chi connectivity index (χ1v) is 5.12. The Bertz CT molecular complexity index is 476. The largest absolute Gasteiger partial charge is 0.759 e. The van der Waals surface area contributed by atoms with Gasteiger partial charge in [-0.2, -0.15) is 0 Å². The van der Waals surface area contributed by atoms with Crippen LogP contribution in [0.2, 0.25) is 0 Å². The van der Waals surface area contributed by atoms with E-state index in [0.717, 1.165) is 5.56 Å². The molecule has 0 fully saturated rings. The molecule has 0 saturated carbocycles. The maximum absolute atomic E-state index is 10.2. The molecule has 2 N–H and O–H groups in total. The van der Waals surface area contributed by atoms with Crippen molar-refractivity contribution in [1.29, 1.82) is 0 Å². The zero-order valence-corrected chi connectivity index (χ0v) is 8.93. The molecule has 9 heteroatoms. The average molecular weight is 248 g/mol. The van der Waals surface area contributed by atoms with Crippen LogP contribution in [-0.4, -0.2) is 22.4 Å². The topological polar surface area (TPSA) is 149 Å². The molecule has 1 aromatic rings. The van der Waals surface area contributed by atoms with E-state index < -0.39 is 15.3 Å². The van der Waals surface area contributed by atoms with E-state index in [4.69, 9.17) is 23.3 Å². The van der Waals surface area contributed by atoms with Crippen LogP contribution in [0, 0.1) is 17.0 Å². The minimum atomic E-state index is -5.17. The number of nitrogens with two attached hydrogens (primary N) is 1. The fourth-order valence-electron chi connectivity index (χ4n) is 0.741. The molecule has 0 aliphatic heterocycles. The maximum Gasteiger partial charge on any atom is 0.271 e. The van der Waals surface area contributed by atoms with Crippen molar-refractivity contribution in [2.45, 2.75) is 6.92 Å². The number of rotatable bonds is 1. The van der Waals surface area contributed by atoms with Crippen LogP contribution in [0.3, 0.4) is 0 Å². The van der Waals surface area contributed by atoms with Gasteiger partial charge in [0.05, 0.1) is 4.92 Å². The van der Waals surface area contributed by atoms with Crippen molar-refractivity contribution < 1.29 is 22.4 Å². The molecule has 16 heavy (non-hydrogen) atoms. The molecule has 0 saturated heterocycles. The number of nitro groups is 1. The molecule has 1 aromatic carbocycles. The van der Waals surface area contributed by atoms with Gasteiger partial charge in [0, 0.05) is 28.2 Å². The smallest absolute Gasteiger partial charge is 0.271 e. The lowest BCUT2D eigenvalue weighted by Gasteiger charge is -2.06. The van der Waals surface area contributed by atoms with Crippen LogP contribution in [-0.2, 0) is 10.4 Å². The van der Waals surface area contributed by atoms with E-state index in [2.05, 4.69) is 0 Å². The first-order chi connectivity index (χ1) is 7.11. The number of benzene rings is 1. The zero-order valence-electron chi connectivity index (χ0n) is 8.11. The predicted molar refractivity (Wildman–Crippen MR) is 52.7 cm³/mol. The number of anilines is 1. The fraction of sp³-hybridized carbons (Fsp3) is 0.143. The molecule has 0 aliphatic carbocycles. The lowest BCUT2D eigenvalue weighted by molar-refractivity contribution is -0.384. The van der Waals surface area contributed by atoms with Crippen LogP contribution in [0.15, 0.2) is 18.2 Å². The highest BCUT2D eigenvalue weighted by Crippen LogP contribution is 2.18. The van der Waals surface area contributed by atoms with Gasteiger partial charge >= 0.3 is 0 Å². The first-order valence-electron chi connectivity index (χ1n) is 3.78. The molecule has 8 nitrogen and oxygen atoms in total. The highest BCUT2D eigenvalue weighted by atomic mass is 32.3. The monoisotopic (exact) mass is 248 g/mol. The summed E-state index contributed by atoms with van der Waals surface area (Å²) in [6.45, 7) is 1.80. The number of nitrogens with zero attached hydrogens (tertiary/aromatic N) is 1. The van der Waals surface area contributed by atoms with Crippen molar-refractivity contribution in [3.63, 3.8) is 0 Å². The molecule has 0 heterocycles. The van der Waals surface area contributed by atoms with E-state index in [1.54, 1.807) is 13.0 Å². The van der Waals surface area contributed by atoms with Crippen LogP contribution in [0.1, 0.15) is 5.56 Å². The summed E-state index contributed by atoms with van der Waals surface area (Å²) in [5.74, 6) is 0. The van der Waals surface area contributed by atoms with E-state index in [1.165, 1.54) is 12.1 Å². The number of non-ortho nitro benzene ring substituents is 1. The molecule has 0 amide bonds. The Hall–Kier alpha value is -1.71. The van der Waals surface area contributed by atoms with Crippen molar-refractivity contribution in [1.82, 2.24) is 0 Å². The van der Waals surface area contributed by atoms with Gasteiger partial charge in [-0.1, -0.05) is 6.07 Å². The third-order valence-electron chi connectivity index (χ3n) is 1.47. The number of hydrogen-bond acceptors (Lipinski definition) is 7. The highest BCUT2D eigenvalue weighted by molar-refractivity contribution is 7.79. The fourth-order valence-corrected chi connectivity index (χ4v) is 0.741. The van der Waals surface area contributed by atoms with E-state index in [1.807, 2.05) is 0 Å². The van der Waals surface area contributed by atoms with Gasteiger partial charge in [0.25, 0.3) is 5.69 Å². The van der Waals surface area contributed by atoms with Gasteiger partial charge in [-0.05, 0) is 12.5 Å². The lowest BCUT2D eigenvalue weighted by Crippen LogP contribution is -1.92. The number of nitrogen functional groups attached to an aromatic ring is 1. The van der Waals surface area contributed by atoms with Crippen molar-refractivity contribution >= 4 is 21.8 Å². The molecule has 90 valence electrons. The summed E-state index contributed by atoms with van der Waals surface area (Å²) in [6, 6.07) is 4.43. The molecular weight excluding hydrogens is 240 g/mol. The average Bonchev–Trinajstić information content (AvgIpc) is 2.06. The van der Waals surface area contributed by atoms with Gasteiger partial charge in [-0.15, -0.1) is 0 Å². The Kier molecular flexibility index (Phi) is 4.82. The van der Waals surface area contributed by atoms with Gasteiger partial charge in [0.15, 0.2) is 0 Å². The van der Waals surface area contributed by atoms with E-state index in [9.17, 15) is 10.1 Å². The number of aryl methyl sites for hydroxylation is 1. The Morgan fingerprint density at radius 3 is 2.06 bits per heavy atom. The molecule has 1 rings (SSSR count). The molecule has 0 aliphatic rings. The van der Waals surface area contributed by atoms with Crippen molar-refractivity contribution in [2.24, 2.45) is 0 Å². The van der Waals surface area contributed by atoms with Crippen LogP contribution in [0.4, 0.5) is 11.4 Å². The van der Waals surface area contributed by atoms with Crippen molar-refractivity contribution in [3.05, 3.63) is 33.9 Å². The normalized spacial score (nSPS) is 10.2. The third kappa shape index (κ3) is 6.70. The Labute approximate surface area is 91.4 Å². The Morgan fingerprint density at radius 2 is 1.75 bits per heavy atom. The van der Waals surface area contributed by atoms with Gasteiger partial charge in [0.1, 0.15) is 0 Å². The molecule has 0 atom stereocenters. The van der Waals surface area contributed by atoms with Crippen molar-refractivity contribution in [3.8, 4) is 0 Å². The predicted octanol–water partition coefficient (Wildman–Crippen LogP) is 0.147. The van der Waals surface area contributed by atoms with Crippen LogP contribution in [0.25, 0.3) is 0 Å². The first kappa shape index (κ1) is 14.3. The number of hydrogen-bond donors (Lipinski definition) is 1. The summed E-state index contributed by atoms with van der Waals surface area (Å²) >= 11 is 0. The van der Waals surface area contributed by atoms with E-state index >= 15 is 0 Å². The van der Waals surface area contributed by atoms with Crippen LogP contribution in [0.5, 0.6) is 0 Å². The third-order valence-corrected chi connectivity index (χ3v) is 1.47. The summed E-state index contributed by atoms with van der Waals surface area (Å²) < 4.78 is 34.1. The summed E-state index contributed by atoms with van der Waals surface area (Å²) in [5.41, 5.74) is 6.80.